The Morgan fingerprint density at radius 3 is 2.53 bits per heavy atom. The lowest BCUT2D eigenvalue weighted by molar-refractivity contribution is -0.137. The van der Waals surface area contributed by atoms with Crippen LogP contribution in [0.1, 0.15) is 12.5 Å². The predicted molar refractivity (Wildman–Crippen MR) is 73.2 cm³/mol. The molecular weight excluding hydrogens is 240 g/mol. The van der Waals surface area contributed by atoms with E-state index >= 15 is 0 Å². The number of benzene rings is 1. The van der Waals surface area contributed by atoms with Crippen molar-refractivity contribution in [3.8, 4) is 0 Å². The zero-order valence-electron chi connectivity index (χ0n) is 11.2. The van der Waals surface area contributed by atoms with E-state index < -0.39 is 0 Å². The van der Waals surface area contributed by atoms with Crippen molar-refractivity contribution in [2.24, 2.45) is 0 Å². The van der Waals surface area contributed by atoms with Gasteiger partial charge in [-0.25, -0.2) is 0 Å². The fourth-order valence-corrected chi connectivity index (χ4v) is 2.17. The van der Waals surface area contributed by atoms with Gasteiger partial charge in [0, 0.05) is 25.9 Å². The molecule has 1 atom stereocenters. The Morgan fingerprint density at radius 1 is 1.21 bits per heavy atom. The van der Waals surface area contributed by atoms with Crippen LogP contribution in [0.5, 0.6) is 0 Å². The van der Waals surface area contributed by atoms with E-state index in [1.807, 2.05) is 48.5 Å². The molecule has 2 rings (SSSR count). The number of hydrogen-bond acceptors (Lipinski definition) is 3. The minimum atomic E-state index is -0.244. The van der Waals surface area contributed by atoms with Gasteiger partial charge in [-0.15, -0.1) is 0 Å². The first-order valence-electron chi connectivity index (χ1n) is 6.32. The molecule has 0 spiro atoms. The molecule has 1 aliphatic rings. The summed E-state index contributed by atoms with van der Waals surface area (Å²) < 4.78 is 0. The summed E-state index contributed by atoms with van der Waals surface area (Å²) in [5.41, 5.74) is 1.12. The highest BCUT2D eigenvalue weighted by atomic mass is 16.2. The van der Waals surface area contributed by atoms with Gasteiger partial charge in [0.25, 0.3) is 0 Å². The lowest BCUT2D eigenvalue weighted by atomic mass is 10.0. The number of hydrogen-bond donors (Lipinski definition) is 0. The number of likely N-dealkylation sites (N-methyl/N-ethyl adjacent to an activating group) is 1. The molecule has 0 bridgehead atoms. The van der Waals surface area contributed by atoms with Crippen molar-refractivity contribution in [1.29, 1.82) is 0 Å². The van der Waals surface area contributed by atoms with Gasteiger partial charge in [-0.05, 0) is 12.5 Å². The van der Waals surface area contributed by atoms with Crippen LogP contribution in [0.25, 0.3) is 0 Å². The lowest BCUT2D eigenvalue weighted by Crippen LogP contribution is -2.49. The van der Waals surface area contributed by atoms with Gasteiger partial charge in [0.05, 0.1) is 6.54 Å². The standard InChI is InChI=1S/C15H18N2O2/c1-12(18)11-17-9-8-16(2)14(15(17)19)10-13-6-4-3-5-7-13/h3-9,14H,10-11H2,1-2H3/t14-/m0/s1. The highest BCUT2D eigenvalue weighted by molar-refractivity contribution is 5.89. The number of nitrogens with zero attached hydrogens (tertiary/aromatic N) is 2. The quantitative estimate of drug-likeness (QED) is 0.820. The van der Waals surface area contributed by atoms with Gasteiger partial charge >= 0.3 is 0 Å². The van der Waals surface area contributed by atoms with Crippen LogP contribution in [0.4, 0.5) is 0 Å². The third kappa shape index (κ3) is 3.22. The monoisotopic (exact) mass is 258 g/mol. The largest absolute Gasteiger partial charge is 0.367 e. The van der Waals surface area contributed by atoms with Crippen LogP contribution in [0, 0.1) is 0 Å². The van der Waals surface area contributed by atoms with Crippen molar-refractivity contribution in [3.63, 3.8) is 0 Å². The van der Waals surface area contributed by atoms with Crippen molar-refractivity contribution >= 4 is 11.7 Å². The van der Waals surface area contributed by atoms with Gasteiger partial charge in [-0.2, -0.15) is 0 Å². The van der Waals surface area contributed by atoms with Gasteiger partial charge in [0.1, 0.15) is 11.8 Å². The van der Waals surface area contributed by atoms with Crippen LogP contribution in [-0.4, -0.2) is 41.1 Å². The summed E-state index contributed by atoms with van der Waals surface area (Å²) >= 11 is 0. The number of Topliss-reactive ketones (excluding diaryl/α,β-unsaturated/α-hetero) is 1. The fraction of sp³-hybridized carbons (Fsp3) is 0.333. The fourth-order valence-electron chi connectivity index (χ4n) is 2.17. The molecule has 0 radical (unpaired) electrons. The first-order valence-corrected chi connectivity index (χ1v) is 6.32. The van der Waals surface area contributed by atoms with E-state index in [2.05, 4.69) is 0 Å². The van der Waals surface area contributed by atoms with Gasteiger partial charge in [-0.3, -0.25) is 9.59 Å². The molecule has 4 heteroatoms. The Bertz CT molecular complexity index is 496. The van der Waals surface area contributed by atoms with Gasteiger partial charge in [0.2, 0.25) is 5.91 Å². The Morgan fingerprint density at radius 2 is 1.89 bits per heavy atom. The van der Waals surface area contributed by atoms with E-state index in [9.17, 15) is 9.59 Å². The smallest absolute Gasteiger partial charge is 0.249 e. The summed E-state index contributed by atoms with van der Waals surface area (Å²) in [6.07, 6.45) is 4.16. The Kier molecular flexibility index (Phi) is 4.00. The third-order valence-electron chi connectivity index (χ3n) is 3.21. The van der Waals surface area contributed by atoms with Crippen LogP contribution >= 0.6 is 0 Å². The van der Waals surface area contributed by atoms with Crippen LogP contribution in [0.3, 0.4) is 0 Å². The van der Waals surface area contributed by atoms with Crippen LogP contribution < -0.4 is 0 Å². The normalized spacial score (nSPS) is 18.8. The van der Waals surface area contributed by atoms with E-state index in [0.29, 0.717) is 6.42 Å². The highest BCUT2D eigenvalue weighted by Crippen LogP contribution is 2.15. The van der Waals surface area contributed by atoms with Crippen molar-refractivity contribution in [2.75, 3.05) is 13.6 Å². The molecule has 0 aromatic heterocycles. The lowest BCUT2D eigenvalue weighted by Gasteiger charge is -2.34. The topological polar surface area (TPSA) is 40.6 Å². The molecule has 0 saturated carbocycles. The van der Waals surface area contributed by atoms with Gasteiger partial charge < -0.3 is 9.80 Å². The summed E-state index contributed by atoms with van der Waals surface area (Å²) in [5.74, 6) is -0.0370. The molecule has 0 unspecified atom stereocenters. The Balaban J connectivity index is 2.13. The van der Waals surface area contributed by atoms with E-state index in [1.165, 1.54) is 11.8 Å². The van der Waals surface area contributed by atoms with Crippen molar-refractivity contribution in [1.82, 2.24) is 9.80 Å². The molecule has 0 N–H and O–H groups in total. The molecule has 4 nitrogen and oxygen atoms in total. The minimum Gasteiger partial charge on any atom is -0.367 e. The van der Waals surface area contributed by atoms with Crippen LogP contribution in [-0.2, 0) is 16.0 Å². The van der Waals surface area contributed by atoms with Crippen molar-refractivity contribution in [3.05, 3.63) is 48.3 Å². The Hall–Kier alpha value is -2.10. The maximum Gasteiger partial charge on any atom is 0.249 e. The first kappa shape index (κ1) is 13.3. The second-order valence-electron chi connectivity index (χ2n) is 4.84. The summed E-state index contributed by atoms with van der Waals surface area (Å²) in [4.78, 5) is 26.9. The van der Waals surface area contributed by atoms with E-state index in [0.717, 1.165) is 5.56 Å². The molecule has 1 aromatic carbocycles. The van der Waals surface area contributed by atoms with Gasteiger partial charge in [0.15, 0.2) is 0 Å². The third-order valence-corrected chi connectivity index (χ3v) is 3.21. The number of carbonyl (C=O) groups excluding carboxylic acids is 2. The summed E-state index contributed by atoms with van der Waals surface area (Å²) in [6, 6.07) is 9.66. The molecule has 100 valence electrons. The zero-order chi connectivity index (χ0) is 13.8. The predicted octanol–water partition coefficient (Wildman–Crippen LogP) is 1.43. The molecule has 1 aliphatic heterocycles. The maximum atomic E-state index is 12.4. The average molecular weight is 258 g/mol. The van der Waals surface area contributed by atoms with E-state index in [1.54, 1.807) is 6.20 Å². The number of rotatable bonds is 4. The molecule has 1 amide bonds. The second-order valence-corrected chi connectivity index (χ2v) is 4.84. The molecule has 0 fully saturated rings. The summed E-state index contributed by atoms with van der Waals surface area (Å²) in [7, 11) is 1.88. The van der Waals surface area contributed by atoms with Gasteiger partial charge in [-0.1, -0.05) is 30.3 Å². The zero-order valence-corrected chi connectivity index (χ0v) is 11.2. The Labute approximate surface area is 113 Å². The number of carbonyl (C=O) groups is 2. The molecule has 19 heavy (non-hydrogen) atoms. The number of ketones is 1. The summed E-state index contributed by atoms with van der Waals surface area (Å²) in [6.45, 7) is 1.64. The van der Waals surface area contributed by atoms with Crippen molar-refractivity contribution < 1.29 is 9.59 Å². The van der Waals surface area contributed by atoms with E-state index in [4.69, 9.17) is 0 Å². The van der Waals surface area contributed by atoms with E-state index in [-0.39, 0.29) is 24.3 Å². The SMILES string of the molecule is CC(=O)CN1C=CN(C)[C@@H](Cc2ccccc2)C1=O. The second kappa shape index (κ2) is 5.69. The van der Waals surface area contributed by atoms with Crippen LogP contribution in [0.2, 0.25) is 0 Å². The molecule has 1 heterocycles. The first-order chi connectivity index (χ1) is 9.08. The highest BCUT2D eigenvalue weighted by Gasteiger charge is 2.29. The average Bonchev–Trinajstić information content (AvgIpc) is 2.39. The number of amides is 1. The molecule has 0 aliphatic carbocycles. The molecule has 0 saturated heterocycles. The molecular formula is C15H18N2O2. The van der Waals surface area contributed by atoms with Crippen LogP contribution in [0.15, 0.2) is 42.7 Å². The molecule has 1 aromatic rings. The minimum absolute atomic E-state index is 0.0129. The maximum absolute atomic E-state index is 12.4. The van der Waals surface area contributed by atoms with Crippen molar-refractivity contribution in [2.45, 2.75) is 19.4 Å². The summed E-state index contributed by atoms with van der Waals surface area (Å²) in [5, 5.41) is 0.